The zero-order valence-corrected chi connectivity index (χ0v) is 12.7. The van der Waals surface area contributed by atoms with Gasteiger partial charge in [-0.05, 0) is 19.8 Å². The molecule has 9 heteroatoms. The van der Waals surface area contributed by atoms with Crippen molar-refractivity contribution in [3.63, 3.8) is 0 Å². The first-order chi connectivity index (χ1) is 9.34. The summed E-state index contributed by atoms with van der Waals surface area (Å²) in [6.45, 7) is 2.03. The second-order valence-electron chi connectivity index (χ2n) is 4.78. The molecular weight excluding hydrogens is 306 g/mol. The number of ether oxygens (including phenoxy) is 1. The van der Waals surface area contributed by atoms with E-state index in [0.29, 0.717) is 5.69 Å². The smallest absolute Gasteiger partial charge is 0.273 e. The Balaban J connectivity index is 2.25. The number of nitrogens with one attached hydrogen (secondary N) is 2. The van der Waals surface area contributed by atoms with Crippen molar-refractivity contribution in [2.24, 2.45) is 0 Å². The van der Waals surface area contributed by atoms with Crippen molar-refractivity contribution in [3.8, 4) is 0 Å². The largest absolute Gasteiger partial charge is 0.380 e. The monoisotopic (exact) mass is 321 g/mol. The van der Waals surface area contributed by atoms with E-state index in [9.17, 15) is 13.2 Å². The van der Waals surface area contributed by atoms with E-state index in [2.05, 4.69) is 15.5 Å². The summed E-state index contributed by atoms with van der Waals surface area (Å²) >= 11 is 0. The van der Waals surface area contributed by atoms with E-state index in [1.165, 1.54) is 7.11 Å². The number of nitrogens with zero attached hydrogens (tertiary/aromatic N) is 1. The lowest BCUT2D eigenvalue weighted by atomic mass is 10.2. The Kier molecular flexibility index (Phi) is 4.36. The van der Waals surface area contributed by atoms with Crippen LogP contribution in [0.15, 0.2) is 4.90 Å². The minimum atomic E-state index is -4.03. The first kappa shape index (κ1) is 15.3. The fourth-order valence-corrected chi connectivity index (χ4v) is 3.11. The summed E-state index contributed by atoms with van der Waals surface area (Å²) in [6.07, 6.45) is 1.55. The molecule has 1 aromatic heterocycles. The predicted molar refractivity (Wildman–Crippen MR) is 72.4 cm³/mol. The molecule has 112 valence electrons. The Bertz CT molecular complexity index is 609. The van der Waals surface area contributed by atoms with Crippen LogP contribution in [0.5, 0.6) is 0 Å². The summed E-state index contributed by atoms with van der Waals surface area (Å²) in [5, 5.41) is 8.99. The van der Waals surface area contributed by atoms with Gasteiger partial charge in [-0.1, -0.05) is 0 Å². The third-order valence-corrected chi connectivity index (χ3v) is 4.51. The van der Waals surface area contributed by atoms with Crippen molar-refractivity contribution >= 4 is 25.6 Å². The topological polar surface area (TPSA) is 101 Å². The molecule has 0 saturated heterocycles. The van der Waals surface area contributed by atoms with Gasteiger partial charge in [0.25, 0.3) is 15.0 Å². The lowest BCUT2D eigenvalue weighted by Crippen LogP contribution is -2.32. The molecule has 20 heavy (non-hydrogen) atoms. The molecule has 2 N–H and O–H groups in total. The third kappa shape index (κ3) is 3.31. The second kappa shape index (κ2) is 5.71. The van der Waals surface area contributed by atoms with Crippen LogP contribution in [0.2, 0.25) is 0 Å². The number of hydrogen-bond acceptors (Lipinski definition) is 5. The van der Waals surface area contributed by atoms with E-state index < -0.39 is 15.0 Å². The SMILES string of the molecule is COC(C)CNC(=O)c1n[nH]c(C2CC2)c1S(=O)(=O)Cl. The van der Waals surface area contributed by atoms with E-state index in [4.69, 9.17) is 15.4 Å². The Morgan fingerprint density at radius 1 is 1.60 bits per heavy atom. The van der Waals surface area contributed by atoms with Crippen molar-refractivity contribution in [2.75, 3.05) is 13.7 Å². The molecule has 1 fully saturated rings. The molecule has 1 aromatic rings. The van der Waals surface area contributed by atoms with Crippen LogP contribution in [0.3, 0.4) is 0 Å². The predicted octanol–water partition coefficient (Wildman–Crippen LogP) is 0.979. The number of methoxy groups -OCH3 is 1. The van der Waals surface area contributed by atoms with Crippen LogP contribution in [0.25, 0.3) is 0 Å². The summed E-state index contributed by atoms with van der Waals surface area (Å²) in [5.74, 6) is -0.498. The Labute approximate surface area is 121 Å². The summed E-state index contributed by atoms with van der Waals surface area (Å²) in [4.78, 5) is 11.8. The number of halogens is 1. The molecule has 0 spiro atoms. The molecule has 2 rings (SSSR count). The molecule has 0 radical (unpaired) electrons. The lowest BCUT2D eigenvalue weighted by molar-refractivity contribution is 0.0863. The molecule has 1 aliphatic carbocycles. The van der Waals surface area contributed by atoms with Gasteiger partial charge < -0.3 is 10.1 Å². The van der Waals surface area contributed by atoms with Crippen LogP contribution >= 0.6 is 10.7 Å². The van der Waals surface area contributed by atoms with Crippen molar-refractivity contribution in [1.82, 2.24) is 15.5 Å². The van der Waals surface area contributed by atoms with Crippen molar-refractivity contribution in [3.05, 3.63) is 11.4 Å². The fraction of sp³-hybridized carbons (Fsp3) is 0.636. The normalized spacial score (nSPS) is 16.9. The maximum Gasteiger partial charge on any atom is 0.273 e. The number of aromatic nitrogens is 2. The molecule has 7 nitrogen and oxygen atoms in total. The number of aromatic amines is 1. The average molecular weight is 322 g/mol. The first-order valence-corrected chi connectivity index (χ1v) is 8.49. The van der Waals surface area contributed by atoms with E-state index in [1.807, 2.05) is 0 Å². The molecule has 0 aliphatic heterocycles. The standard InChI is InChI=1S/C11H16ClN3O4S/c1-6(19-2)5-13-11(16)9-10(20(12,17)18)8(14-15-9)7-3-4-7/h6-7H,3-5H2,1-2H3,(H,13,16)(H,14,15). The number of carbonyl (C=O) groups is 1. The minimum absolute atomic E-state index is 0.0884. The molecule has 1 unspecified atom stereocenters. The van der Waals surface area contributed by atoms with Gasteiger partial charge in [-0.15, -0.1) is 0 Å². The van der Waals surface area contributed by atoms with Crippen LogP contribution in [-0.2, 0) is 13.8 Å². The number of amides is 1. The van der Waals surface area contributed by atoms with E-state index in [-0.39, 0.29) is 29.2 Å². The van der Waals surface area contributed by atoms with Gasteiger partial charge in [0.2, 0.25) is 0 Å². The van der Waals surface area contributed by atoms with Crippen LogP contribution in [0.4, 0.5) is 0 Å². The van der Waals surface area contributed by atoms with Gasteiger partial charge in [-0.3, -0.25) is 9.89 Å². The van der Waals surface area contributed by atoms with Crippen molar-refractivity contribution in [2.45, 2.75) is 36.7 Å². The van der Waals surface area contributed by atoms with E-state index in [1.54, 1.807) is 6.92 Å². The van der Waals surface area contributed by atoms with Crippen LogP contribution < -0.4 is 5.32 Å². The maximum absolute atomic E-state index is 12.0. The van der Waals surface area contributed by atoms with Gasteiger partial charge in [0, 0.05) is 30.3 Å². The molecule has 1 aliphatic rings. The lowest BCUT2D eigenvalue weighted by Gasteiger charge is -2.10. The fourth-order valence-electron chi connectivity index (χ4n) is 1.80. The maximum atomic E-state index is 12.0. The summed E-state index contributed by atoms with van der Waals surface area (Å²) < 4.78 is 28.3. The van der Waals surface area contributed by atoms with Crippen LogP contribution in [0.1, 0.15) is 41.9 Å². The third-order valence-electron chi connectivity index (χ3n) is 3.14. The van der Waals surface area contributed by atoms with Crippen LogP contribution in [-0.4, -0.2) is 44.3 Å². The minimum Gasteiger partial charge on any atom is -0.380 e. The van der Waals surface area contributed by atoms with Crippen LogP contribution in [0, 0.1) is 0 Å². The summed E-state index contributed by atoms with van der Waals surface area (Å²) in [5.41, 5.74) is 0.232. The number of carbonyl (C=O) groups excluding carboxylic acids is 1. The highest BCUT2D eigenvalue weighted by Crippen LogP contribution is 2.43. The van der Waals surface area contributed by atoms with Crippen molar-refractivity contribution < 1.29 is 17.9 Å². The van der Waals surface area contributed by atoms with E-state index in [0.717, 1.165) is 12.8 Å². The van der Waals surface area contributed by atoms with Crippen molar-refractivity contribution in [1.29, 1.82) is 0 Å². The number of H-pyrrole nitrogens is 1. The van der Waals surface area contributed by atoms with Gasteiger partial charge in [-0.2, -0.15) is 5.10 Å². The Morgan fingerprint density at radius 2 is 2.25 bits per heavy atom. The summed E-state index contributed by atoms with van der Waals surface area (Å²) in [6, 6.07) is 0. The second-order valence-corrected chi connectivity index (χ2v) is 7.29. The highest BCUT2D eigenvalue weighted by molar-refractivity contribution is 8.13. The van der Waals surface area contributed by atoms with Gasteiger partial charge in [-0.25, -0.2) is 8.42 Å². The average Bonchev–Trinajstić information content (AvgIpc) is 3.12. The molecule has 0 bridgehead atoms. The zero-order valence-electron chi connectivity index (χ0n) is 11.1. The Morgan fingerprint density at radius 3 is 2.75 bits per heavy atom. The highest BCUT2D eigenvalue weighted by atomic mass is 35.7. The highest BCUT2D eigenvalue weighted by Gasteiger charge is 2.36. The van der Waals surface area contributed by atoms with Gasteiger partial charge in [0.1, 0.15) is 4.90 Å². The molecule has 1 saturated carbocycles. The molecule has 1 atom stereocenters. The Hall–Kier alpha value is -1.12. The summed E-state index contributed by atoms with van der Waals surface area (Å²) in [7, 11) is 2.91. The number of rotatable bonds is 6. The molecule has 1 amide bonds. The number of hydrogen-bond donors (Lipinski definition) is 2. The van der Waals surface area contributed by atoms with Gasteiger partial charge in [0.15, 0.2) is 5.69 Å². The van der Waals surface area contributed by atoms with E-state index >= 15 is 0 Å². The molecule has 0 aromatic carbocycles. The van der Waals surface area contributed by atoms with Gasteiger partial charge >= 0.3 is 0 Å². The zero-order chi connectivity index (χ0) is 14.9. The quantitative estimate of drug-likeness (QED) is 0.760. The van der Waals surface area contributed by atoms with Gasteiger partial charge in [0.05, 0.1) is 11.8 Å². The molecule has 1 heterocycles. The first-order valence-electron chi connectivity index (χ1n) is 6.18. The molecular formula is C11H16ClN3O4S.